The molecule has 1 atom stereocenters. The van der Waals surface area contributed by atoms with Gasteiger partial charge in [0.1, 0.15) is 12.7 Å². The molecule has 0 aromatic heterocycles. The zero-order valence-electron chi connectivity index (χ0n) is 11.2. The monoisotopic (exact) mass is 262 g/mol. The lowest BCUT2D eigenvalue weighted by atomic mass is 10.2. The fraction of sp³-hybridized carbons (Fsp3) is 0.818. The molecule has 7 heteroatoms. The highest BCUT2D eigenvalue weighted by atomic mass is 16.6. The van der Waals surface area contributed by atoms with Crippen LogP contribution in [0.25, 0.3) is 0 Å². The van der Waals surface area contributed by atoms with Gasteiger partial charge in [-0.05, 0) is 6.42 Å². The fourth-order valence-electron chi connectivity index (χ4n) is 1.16. The normalized spacial score (nSPS) is 11.7. The van der Waals surface area contributed by atoms with Crippen LogP contribution in [0.4, 0.5) is 4.79 Å². The van der Waals surface area contributed by atoms with Gasteiger partial charge in [-0.25, -0.2) is 4.79 Å². The van der Waals surface area contributed by atoms with Gasteiger partial charge in [-0.2, -0.15) is 0 Å². The summed E-state index contributed by atoms with van der Waals surface area (Å²) in [4.78, 5) is 22.0. The van der Waals surface area contributed by atoms with Gasteiger partial charge in [-0.3, -0.25) is 4.79 Å². The third kappa shape index (κ3) is 7.86. The van der Waals surface area contributed by atoms with Gasteiger partial charge in [-0.1, -0.05) is 6.92 Å². The van der Waals surface area contributed by atoms with Crippen LogP contribution in [0, 0.1) is 0 Å². The molecule has 7 nitrogen and oxygen atoms in total. The van der Waals surface area contributed by atoms with E-state index in [1.165, 1.54) is 7.05 Å². The maximum absolute atomic E-state index is 11.3. The van der Waals surface area contributed by atoms with E-state index in [9.17, 15) is 9.59 Å². The minimum atomic E-state index is -0.486. The number of alkyl carbamates (subject to hydrolysis) is 1. The Labute approximate surface area is 107 Å². The predicted octanol–water partition coefficient (Wildman–Crippen LogP) is -0.0998. The van der Waals surface area contributed by atoms with Crippen LogP contribution in [0.3, 0.4) is 0 Å². The summed E-state index contributed by atoms with van der Waals surface area (Å²) in [6.45, 7) is 3.04. The van der Waals surface area contributed by atoms with Crippen LogP contribution in [0.1, 0.15) is 13.3 Å². The maximum atomic E-state index is 11.3. The molecule has 0 saturated carbocycles. The molecule has 2 N–H and O–H groups in total. The Morgan fingerprint density at radius 2 is 1.72 bits per heavy atom. The van der Waals surface area contributed by atoms with E-state index in [-0.39, 0.29) is 12.5 Å². The predicted molar refractivity (Wildman–Crippen MR) is 65.3 cm³/mol. The first-order valence-corrected chi connectivity index (χ1v) is 5.91. The van der Waals surface area contributed by atoms with Gasteiger partial charge in [-0.15, -0.1) is 0 Å². The molecule has 0 heterocycles. The van der Waals surface area contributed by atoms with E-state index >= 15 is 0 Å². The molecule has 0 rings (SSSR count). The van der Waals surface area contributed by atoms with E-state index in [0.717, 1.165) is 0 Å². The second-order valence-corrected chi connectivity index (χ2v) is 3.38. The Hall–Kier alpha value is -1.34. The number of carbonyl (C=O) groups excluding carboxylic acids is 2. The lowest BCUT2D eigenvalue weighted by Crippen LogP contribution is -2.34. The molecule has 0 aromatic rings. The highest BCUT2D eigenvalue weighted by Gasteiger charge is 2.14. The summed E-state index contributed by atoms with van der Waals surface area (Å²) in [7, 11) is 3.06. The fourth-order valence-corrected chi connectivity index (χ4v) is 1.16. The van der Waals surface area contributed by atoms with E-state index in [0.29, 0.717) is 26.2 Å². The van der Waals surface area contributed by atoms with Gasteiger partial charge in [0.2, 0.25) is 5.91 Å². The Bertz CT molecular complexity index is 248. The van der Waals surface area contributed by atoms with Crippen molar-refractivity contribution in [3.8, 4) is 0 Å². The third-order valence-corrected chi connectivity index (χ3v) is 2.12. The van der Waals surface area contributed by atoms with Gasteiger partial charge in [0, 0.05) is 14.1 Å². The Morgan fingerprint density at radius 3 is 2.28 bits per heavy atom. The molecule has 0 radical (unpaired) electrons. The average Bonchev–Trinajstić information content (AvgIpc) is 2.40. The first-order chi connectivity index (χ1) is 8.65. The molecule has 0 saturated heterocycles. The minimum absolute atomic E-state index is 0.138. The molecular formula is C11H22N2O5. The van der Waals surface area contributed by atoms with Crippen molar-refractivity contribution < 1.29 is 23.8 Å². The van der Waals surface area contributed by atoms with Gasteiger partial charge in [0.15, 0.2) is 0 Å². The first kappa shape index (κ1) is 16.7. The van der Waals surface area contributed by atoms with Gasteiger partial charge >= 0.3 is 6.09 Å². The van der Waals surface area contributed by atoms with Gasteiger partial charge in [0.25, 0.3) is 0 Å². The van der Waals surface area contributed by atoms with Crippen LogP contribution < -0.4 is 10.6 Å². The Kier molecular flexibility index (Phi) is 9.99. The molecule has 18 heavy (non-hydrogen) atoms. The van der Waals surface area contributed by atoms with Crippen LogP contribution in [-0.4, -0.2) is 58.6 Å². The molecule has 0 aliphatic heterocycles. The Balaban J connectivity index is 3.44. The van der Waals surface area contributed by atoms with Crippen molar-refractivity contribution in [2.45, 2.75) is 19.4 Å². The highest BCUT2D eigenvalue weighted by Crippen LogP contribution is 1.97. The van der Waals surface area contributed by atoms with Crippen molar-refractivity contribution in [3.63, 3.8) is 0 Å². The molecule has 0 spiro atoms. The molecule has 106 valence electrons. The van der Waals surface area contributed by atoms with Crippen LogP contribution in [0.5, 0.6) is 0 Å². The van der Waals surface area contributed by atoms with Crippen molar-refractivity contribution in [3.05, 3.63) is 0 Å². The topological polar surface area (TPSA) is 85.9 Å². The molecule has 0 fully saturated rings. The molecule has 0 aliphatic carbocycles. The van der Waals surface area contributed by atoms with Crippen molar-refractivity contribution >= 4 is 12.0 Å². The SMILES string of the molecule is CCC(OCCOCCOC(=O)NC)C(=O)NC. The summed E-state index contributed by atoms with van der Waals surface area (Å²) in [5.74, 6) is -0.138. The van der Waals surface area contributed by atoms with Crippen molar-refractivity contribution in [2.75, 3.05) is 40.5 Å². The Morgan fingerprint density at radius 1 is 1.06 bits per heavy atom. The summed E-state index contributed by atoms with van der Waals surface area (Å²) in [6, 6.07) is 0. The molecule has 0 aliphatic rings. The largest absolute Gasteiger partial charge is 0.447 e. The van der Waals surface area contributed by atoms with E-state index in [1.54, 1.807) is 7.05 Å². The zero-order chi connectivity index (χ0) is 13.8. The lowest BCUT2D eigenvalue weighted by Gasteiger charge is -2.14. The first-order valence-electron chi connectivity index (χ1n) is 5.91. The molecule has 0 bridgehead atoms. The van der Waals surface area contributed by atoms with Crippen LogP contribution >= 0.6 is 0 Å². The number of hydrogen-bond acceptors (Lipinski definition) is 5. The summed E-state index contributed by atoms with van der Waals surface area (Å²) in [6.07, 6.45) is -0.319. The van der Waals surface area contributed by atoms with E-state index in [1.807, 2.05) is 6.92 Å². The second-order valence-electron chi connectivity index (χ2n) is 3.38. The second kappa shape index (κ2) is 10.8. The van der Waals surface area contributed by atoms with E-state index in [4.69, 9.17) is 14.2 Å². The van der Waals surface area contributed by atoms with Crippen molar-refractivity contribution in [1.29, 1.82) is 0 Å². The summed E-state index contributed by atoms with van der Waals surface area (Å²) < 4.78 is 15.2. The smallest absolute Gasteiger partial charge is 0.406 e. The average molecular weight is 262 g/mol. The number of nitrogens with one attached hydrogen (secondary N) is 2. The number of ether oxygens (including phenoxy) is 3. The van der Waals surface area contributed by atoms with Crippen LogP contribution in [0.2, 0.25) is 0 Å². The lowest BCUT2D eigenvalue weighted by molar-refractivity contribution is -0.133. The minimum Gasteiger partial charge on any atom is -0.447 e. The molecule has 1 unspecified atom stereocenters. The number of likely N-dealkylation sites (N-methyl/N-ethyl adjacent to an activating group) is 1. The third-order valence-electron chi connectivity index (χ3n) is 2.12. The van der Waals surface area contributed by atoms with Gasteiger partial charge < -0.3 is 24.8 Å². The van der Waals surface area contributed by atoms with Crippen molar-refractivity contribution in [2.24, 2.45) is 0 Å². The number of amides is 2. The van der Waals surface area contributed by atoms with Crippen LogP contribution in [-0.2, 0) is 19.0 Å². The number of carbonyl (C=O) groups is 2. The highest BCUT2D eigenvalue weighted by molar-refractivity contribution is 5.80. The van der Waals surface area contributed by atoms with E-state index < -0.39 is 12.2 Å². The quantitative estimate of drug-likeness (QED) is 0.567. The standard InChI is InChI=1S/C11H22N2O5/c1-4-9(10(14)12-2)17-7-5-16-6-8-18-11(15)13-3/h9H,4-8H2,1-3H3,(H,12,14)(H,13,15). The maximum Gasteiger partial charge on any atom is 0.406 e. The summed E-state index contributed by atoms with van der Waals surface area (Å²) in [5.41, 5.74) is 0. The zero-order valence-corrected chi connectivity index (χ0v) is 11.2. The number of hydrogen-bond donors (Lipinski definition) is 2. The van der Waals surface area contributed by atoms with Crippen molar-refractivity contribution in [1.82, 2.24) is 10.6 Å². The molecular weight excluding hydrogens is 240 g/mol. The summed E-state index contributed by atoms with van der Waals surface area (Å²) in [5, 5.41) is 4.85. The molecule has 2 amide bonds. The van der Waals surface area contributed by atoms with E-state index in [2.05, 4.69) is 10.6 Å². The van der Waals surface area contributed by atoms with Gasteiger partial charge in [0.05, 0.1) is 19.8 Å². The van der Waals surface area contributed by atoms with Crippen LogP contribution in [0.15, 0.2) is 0 Å². The molecule has 0 aromatic carbocycles. The number of rotatable bonds is 9. The summed E-state index contributed by atoms with van der Waals surface area (Å²) >= 11 is 0.